The van der Waals surface area contributed by atoms with Crippen molar-refractivity contribution < 1.29 is 0 Å². The molecule has 66 valence electrons. The number of hydrogen-bond donors (Lipinski definition) is 0. The number of aryl methyl sites for hydroxylation is 1. The van der Waals surface area contributed by atoms with Gasteiger partial charge in [-0.25, -0.2) is 4.98 Å². The van der Waals surface area contributed by atoms with Crippen molar-refractivity contribution in [3.05, 3.63) is 26.6 Å². The van der Waals surface area contributed by atoms with Crippen LogP contribution >= 0.6 is 46.6 Å². The maximum atomic E-state index is 8.68. The number of nitriles is 2. The molecule has 0 spiro atoms. The van der Waals surface area contributed by atoms with Gasteiger partial charge in [0.2, 0.25) is 0 Å². The molecule has 0 fully saturated rings. The fourth-order valence-electron chi connectivity index (χ4n) is 0.830. The second-order valence-corrected chi connectivity index (χ2v) is 3.22. The zero-order valence-corrected chi connectivity index (χ0v) is 11.2. The zero-order valence-electron chi connectivity index (χ0n) is 6.71. The summed E-state index contributed by atoms with van der Waals surface area (Å²) in [6, 6.07) is 5.52. The number of rotatable bonds is 0. The zero-order chi connectivity index (χ0) is 9.14. The summed E-state index contributed by atoms with van der Waals surface area (Å²) in [4.78, 5) is 4.07. The molecule has 0 aliphatic carbocycles. The average molecular weight is 397 g/mol. The molecule has 0 aliphatic heterocycles. The highest BCUT2D eigenvalue weighted by atomic mass is 127. The summed E-state index contributed by atoms with van der Waals surface area (Å²) in [5.74, 6) is 0. The summed E-state index contributed by atoms with van der Waals surface area (Å²) in [5, 5.41) is 17.3. The van der Waals surface area contributed by atoms with Gasteiger partial charge in [0.15, 0.2) is 0 Å². The minimum absolute atomic E-state index is 0. The van der Waals surface area contributed by atoms with Crippen molar-refractivity contribution in [1.29, 1.82) is 10.5 Å². The normalized spacial score (nSPS) is 8.00. The maximum Gasteiger partial charge on any atom is 0.120 e. The molecule has 0 saturated carbocycles. The first-order valence-electron chi connectivity index (χ1n) is 3.16. The molecule has 0 atom stereocenters. The van der Waals surface area contributed by atoms with Gasteiger partial charge >= 0.3 is 0 Å². The van der Waals surface area contributed by atoms with Crippen molar-refractivity contribution in [2.45, 2.75) is 6.92 Å². The Morgan fingerprint density at radius 1 is 1.38 bits per heavy atom. The lowest BCUT2D eigenvalue weighted by atomic mass is 10.1. The van der Waals surface area contributed by atoms with Gasteiger partial charge in [0.25, 0.3) is 0 Å². The number of nitrogens with zero attached hydrogens (tertiary/aromatic N) is 3. The third-order valence-corrected chi connectivity index (χ3v) is 2.12. The van der Waals surface area contributed by atoms with Crippen molar-refractivity contribution in [3.8, 4) is 12.1 Å². The summed E-state index contributed by atoms with van der Waals surface area (Å²) < 4.78 is 0.589. The van der Waals surface area contributed by atoms with Gasteiger partial charge in [0.05, 0.1) is 5.56 Å². The molecular weight excluding hydrogens is 392 g/mol. The van der Waals surface area contributed by atoms with Gasteiger partial charge in [-0.1, -0.05) is 0 Å². The molecule has 1 aromatic rings. The van der Waals surface area contributed by atoms with E-state index in [9.17, 15) is 0 Å². The Morgan fingerprint density at radius 2 is 2.00 bits per heavy atom. The third-order valence-electron chi connectivity index (χ3n) is 1.34. The van der Waals surface area contributed by atoms with Crippen LogP contribution in [0.4, 0.5) is 0 Å². The molecule has 0 saturated heterocycles. The maximum absolute atomic E-state index is 8.68. The molecule has 0 unspecified atom stereocenters. The predicted molar refractivity (Wildman–Crippen MR) is 66.5 cm³/mol. The van der Waals surface area contributed by atoms with Crippen molar-refractivity contribution in [2.75, 3.05) is 0 Å². The quantitative estimate of drug-likeness (QED) is 0.499. The molecule has 5 heteroatoms. The Bertz CT molecular complexity index is 401. The fraction of sp³-hybridized carbons (Fsp3) is 0.125. The number of halogens is 2. The van der Waals surface area contributed by atoms with Crippen molar-refractivity contribution in [3.63, 3.8) is 0 Å². The summed E-state index contributed by atoms with van der Waals surface area (Å²) in [6.07, 6.45) is 0. The topological polar surface area (TPSA) is 60.5 Å². The Balaban J connectivity index is 0.00000144. The first kappa shape index (κ1) is 12.6. The number of pyridine rings is 1. The van der Waals surface area contributed by atoms with E-state index in [-0.39, 0.29) is 24.0 Å². The van der Waals surface area contributed by atoms with E-state index in [1.165, 1.54) is 0 Å². The first-order chi connectivity index (χ1) is 5.69. The molecule has 0 aromatic carbocycles. The van der Waals surface area contributed by atoms with Crippen LogP contribution < -0.4 is 0 Å². The van der Waals surface area contributed by atoms with Crippen LogP contribution in [0.2, 0.25) is 0 Å². The second kappa shape index (κ2) is 5.35. The van der Waals surface area contributed by atoms with Crippen LogP contribution in [0.3, 0.4) is 0 Å². The number of aromatic nitrogens is 1. The van der Waals surface area contributed by atoms with Crippen LogP contribution in [0.1, 0.15) is 16.8 Å². The Labute approximate surface area is 107 Å². The minimum Gasteiger partial charge on any atom is -0.246 e. The molecule has 0 bridgehead atoms. The lowest BCUT2D eigenvalue weighted by Gasteiger charge is -1.98. The van der Waals surface area contributed by atoms with Crippen LogP contribution in [0, 0.1) is 33.3 Å². The molecule has 3 nitrogen and oxygen atoms in total. The van der Waals surface area contributed by atoms with Crippen molar-refractivity contribution in [2.24, 2.45) is 0 Å². The molecule has 1 aromatic heterocycles. The summed E-state index contributed by atoms with van der Waals surface area (Å²) >= 11 is 1.95. The van der Waals surface area contributed by atoms with Crippen molar-refractivity contribution in [1.82, 2.24) is 4.98 Å². The van der Waals surface area contributed by atoms with Crippen LogP contribution in [0.15, 0.2) is 6.07 Å². The van der Waals surface area contributed by atoms with Gasteiger partial charge in [-0.2, -0.15) is 10.5 Å². The van der Waals surface area contributed by atoms with Crippen LogP contribution in [0.5, 0.6) is 0 Å². The molecule has 1 heterocycles. The van der Waals surface area contributed by atoms with Crippen molar-refractivity contribution >= 4 is 46.6 Å². The van der Waals surface area contributed by atoms with Gasteiger partial charge in [0, 0.05) is 5.69 Å². The summed E-state index contributed by atoms with van der Waals surface area (Å²) in [6.45, 7) is 1.80. The van der Waals surface area contributed by atoms with E-state index in [0.29, 0.717) is 14.8 Å². The molecule has 0 radical (unpaired) electrons. The van der Waals surface area contributed by atoms with Crippen LogP contribution in [-0.4, -0.2) is 4.98 Å². The van der Waals surface area contributed by atoms with Gasteiger partial charge < -0.3 is 0 Å². The molecule has 13 heavy (non-hydrogen) atoms. The van der Waals surface area contributed by atoms with Gasteiger partial charge in [-0.3, -0.25) is 0 Å². The SMILES string of the molecule is Cc1cc(C#N)c(C#N)c(I)n1.I. The molecule has 0 N–H and O–H groups in total. The first-order valence-corrected chi connectivity index (χ1v) is 4.24. The molecule has 0 amide bonds. The van der Waals surface area contributed by atoms with E-state index in [1.54, 1.807) is 13.0 Å². The van der Waals surface area contributed by atoms with Crippen LogP contribution in [0.25, 0.3) is 0 Å². The average Bonchev–Trinajstić information content (AvgIpc) is 2.03. The lowest BCUT2D eigenvalue weighted by molar-refractivity contribution is 1.14. The molecule has 1 rings (SSSR count). The second-order valence-electron chi connectivity index (χ2n) is 2.20. The van der Waals surface area contributed by atoms with Crippen LogP contribution in [-0.2, 0) is 0 Å². The molecular formula is C8H5I2N3. The minimum atomic E-state index is 0. The highest BCUT2D eigenvalue weighted by Gasteiger charge is 2.07. The van der Waals surface area contributed by atoms with E-state index in [0.717, 1.165) is 5.69 Å². The number of hydrogen-bond acceptors (Lipinski definition) is 3. The Kier molecular flexibility index (Phi) is 5.18. The fourth-order valence-corrected chi connectivity index (χ4v) is 1.62. The van der Waals surface area contributed by atoms with E-state index < -0.39 is 0 Å². The van der Waals surface area contributed by atoms with Gasteiger partial charge in [0.1, 0.15) is 21.4 Å². The van der Waals surface area contributed by atoms with E-state index in [1.807, 2.05) is 34.7 Å². The highest BCUT2D eigenvalue weighted by Crippen LogP contribution is 2.14. The highest BCUT2D eigenvalue weighted by molar-refractivity contribution is 14.1. The van der Waals surface area contributed by atoms with E-state index in [4.69, 9.17) is 10.5 Å². The Hall–Kier alpha value is -0.410. The van der Waals surface area contributed by atoms with Gasteiger partial charge in [-0.15, -0.1) is 24.0 Å². The smallest absolute Gasteiger partial charge is 0.120 e. The van der Waals surface area contributed by atoms with Gasteiger partial charge in [-0.05, 0) is 35.6 Å². The standard InChI is InChI=1S/C8H4IN3.HI/c1-5-2-6(3-10)7(4-11)8(9)12-5;/h2H,1H3;1H. The third kappa shape index (κ3) is 2.78. The lowest BCUT2D eigenvalue weighted by Crippen LogP contribution is -1.94. The largest absolute Gasteiger partial charge is 0.246 e. The summed E-state index contributed by atoms with van der Waals surface area (Å²) in [7, 11) is 0. The Morgan fingerprint density at radius 3 is 2.46 bits per heavy atom. The van der Waals surface area contributed by atoms with E-state index in [2.05, 4.69) is 4.98 Å². The summed E-state index contributed by atoms with van der Waals surface area (Å²) in [5.41, 5.74) is 1.52. The van der Waals surface area contributed by atoms with E-state index >= 15 is 0 Å². The molecule has 0 aliphatic rings. The monoisotopic (exact) mass is 397 g/mol. The predicted octanol–water partition coefficient (Wildman–Crippen LogP) is 2.36.